The Hall–Kier alpha value is -2.63. The van der Waals surface area contributed by atoms with Crippen LogP contribution < -0.4 is 5.56 Å². The number of ether oxygens (including phenoxy) is 1. The van der Waals surface area contributed by atoms with Gasteiger partial charge in [0.15, 0.2) is 0 Å². The van der Waals surface area contributed by atoms with Gasteiger partial charge in [-0.1, -0.05) is 25.1 Å². The number of rotatable bonds is 1. The van der Waals surface area contributed by atoms with Crippen LogP contribution in [0.4, 0.5) is 0 Å². The first kappa shape index (κ1) is 16.5. The zero-order chi connectivity index (χ0) is 18.9. The van der Waals surface area contributed by atoms with Crippen molar-refractivity contribution in [2.24, 2.45) is 0 Å². The molecule has 0 fully saturated rings. The number of halogens is 1. The highest BCUT2D eigenvalue weighted by atomic mass is 35.5. The lowest BCUT2D eigenvalue weighted by Crippen LogP contribution is -2.38. The molecule has 4 heterocycles. The zero-order valence-electron chi connectivity index (χ0n) is 14.8. The van der Waals surface area contributed by atoms with Gasteiger partial charge >= 0.3 is 0 Å². The van der Waals surface area contributed by atoms with E-state index in [4.69, 9.17) is 21.3 Å². The second kappa shape index (κ2) is 5.44. The van der Waals surface area contributed by atoms with Crippen LogP contribution >= 0.6 is 11.6 Å². The first-order valence-electron chi connectivity index (χ1n) is 8.83. The van der Waals surface area contributed by atoms with Crippen molar-refractivity contribution in [2.45, 2.75) is 32.1 Å². The molecule has 1 aromatic carbocycles. The molecule has 2 aliphatic heterocycles. The predicted molar refractivity (Wildman–Crippen MR) is 104 cm³/mol. The van der Waals surface area contributed by atoms with Crippen LogP contribution in [0.5, 0.6) is 0 Å². The minimum Gasteiger partial charge on any atom is -0.490 e. The quantitative estimate of drug-likeness (QED) is 0.546. The standard InChI is InChI=1S/C21H17ClN2O3/c1-3-21(26)11(2)27-10-15-16(21)8-18-19-13(9-24(18)20(15)25)6-12-7-14(22)4-5-17(12)23-19/h4-8,26H,2-3,9-10H2,1H3/t21-/m1/s1. The van der Waals surface area contributed by atoms with E-state index >= 15 is 0 Å². The van der Waals surface area contributed by atoms with Crippen molar-refractivity contribution in [1.29, 1.82) is 0 Å². The third-order valence-electron chi connectivity index (χ3n) is 5.64. The summed E-state index contributed by atoms with van der Waals surface area (Å²) in [7, 11) is 0. The van der Waals surface area contributed by atoms with Crippen molar-refractivity contribution in [2.75, 3.05) is 0 Å². The highest BCUT2D eigenvalue weighted by Gasteiger charge is 2.41. The Bertz CT molecular complexity index is 1210. The average molecular weight is 381 g/mol. The molecule has 0 bridgehead atoms. The maximum Gasteiger partial charge on any atom is 0.258 e. The Morgan fingerprint density at radius 2 is 2.19 bits per heavy atom. The lowest BCUT2D eigenvalue weighted by atomic mass is 9.84. The monoisotopic (exact) mass is 380 g/mol. The van der Waals surface area contributed by atoms with Gasteiger partial charge in [0.25, 0.3) is 5.56 Å². The molecule has 0 saturated heterocycles. The van der Waals surface area contributed by atoms with E-state index in [1.54, 1.807) is 10.6 Å². The van der Waals surface area contributed by atoms with Crippen LogP contribution in [0.1, 0.15) is 30.0 Å². The van der Waals surface area contributed by atoms with Gasteiger partial charge in [0.2, 0.25) is 0 Å². The fourth-order valence-corrected chi connectivity index (χ4v) is 4.25. The number of pyridine rings is 2. The van der Waals surface area contributed by atoms with Crippen LogP contribution in [0.15, 0.2) is 47.5 Å². The van der Waals surface area contributed by atoms with E-state index < -0.39 is 5.60 Å². The Morgan fingerprint density at radius 3 is 2.96 bits per heavy atom. The molecule has 136 valence electrons. The van der Waals surface area contributed by atoms with E-state index in [2.05, 4.69) is 6.58 Å². The summed E-state index contributed by atoms with van der Waals surface area (Å²) in [4.78, 5) is 17.9. The molecule has 1 N–H and O–H groups in total. The number of aromatic nitrogens is 2. The highest BCUT2D eigenvalue weighted by Crippen LogP contribution is 2.41. The van der Waals surface area contributed by atoms with Crippen molar-refractivity contribution < 1.29 is 9.84 Å². The molecule has 0 radical (unpaired) electrons. The third-order valence-corrected chi connectivity index (χ3v) is 5.87. The lowest BCUT2D eigenvalue weighted by Gasteiger charge is -2.35. The predicted octanol–water partition coefficient (Wildman–Crippen LogP) is 3.72. The molecule has 0 aliphatic carbocycles. The van der Waals surface area contributed by atoms with Crippen LogP contribution in [0.2, 0.25) is 5.02 Å². The van der Waals surface area contributed by atoms with E-state index in [-0.39, 0.29) is 17.9 Å². The molecule has 2 aromatic heterocycles. The van der Waals surface area contributed by atoms with Crippen LogP contribution in [0, 0.1) is 0 Å². The van der Waals surface area contributed by atoms with E-state index in [0.717, 1.165) is 22.2 Å². The Labute approximate surface area is 160 Å². The molecular formula is C21H17ClN2O3. The fraction of sp³-hybridized carbons (Fsp3) is 0.238. The van der Waals surface area contributed by atoms with Crippen molar-refractivity contribution in [1.82, 2.24) is 9.55 Å². The number of aliphatic hydroxyl groups is 1. The molecule has 5 nitrogen and oxygen atoms in total. The van der Waals surface area contributed by atoms with Gasteiger partial charge in [0.1, 0.15) is 18.0 Å². The van der Waals surface area contributed by atoms with Gasteiger partial charge in [0, 0.05) is 21.5 Å². The van der Waals surface area contributed by atoms with E-state index in [1.165, 1.54) is 0 Å². The molecule has 1 atom stereocenters. The maximum atomic E-state index is 13.1. The smallest absolute Gasteiger partial charge is 0.258 e. The zero-order valence-corrected chi connectivity index (χ0v) is 15.5. The fourth-order valence-electron chi connectivity index (χ4n) is 4.07. The van der Waals surface area contributed by atoms with Crippen molar-refractivity contribution in [3.63, 3.8) is 0 Å². The second-order valence-corrected chi connectivity index (χ2v) is 7.51. The number of hydrogen-bond acceptors (Lipinski definition) is 4. The summed E-state index contributed by atoms with van der Waals surface area (Å²) in [6, 6.07) is 9.43. The number of benzene rings is 1. The van der Waals surface area contributed by atoms with Gasteiger partial charge in [-0.25, -0.2) is 4.98 Å². The Balaban J connectivity index is 1.80. The molecule has 3 aromatic rings. The topological polar surface area (TPSA) is 64.4 Å². The second-order valence-electron chi connectivity index (χ2n) is 7.07. The summed E-state index contributed by atoms with van der Waals surface area (Å²) in [6.07, 6.45) is 0.373. The van der Waals surface area contributed by atoms with Crippen LogP contribution in [0.25, 0.3) is 22.3 Å². The molecule has 5 rings (SSSR count). The van der Waals surface area contributed by atoms with E-state index in [0.29, 0.717) is 34.8 Å². The normalized spacial score (nSPS) is 20.2. The third kappa shape index (κ3) is 2.16. The maximum absolute atomic E-state index is 13.1. The number of hydrogen-bond donors (Lipinski definition) is 1. The van der Waals surface area contributed by atoms with Crippen LogP contribution in [-0.2, 0) is 23.5 Å². The van der Waals surface area contributed by atoms with Gasteiger partial charge in [-0.05, 0) is 36.8 Å². The molecule has 2 aliphatic rings. The van der Waals surface area contributed by atoms with Gasteiger partial charge < -0.3 is 14.4 Å². The van der Waals surface area contributed by atoms with Crippen molar-refractivity contribution >= 4 is 22.5 Å². The molecule has 27 heavy (non-hydrogen) atoms. The molecular weight excluding hydrogens is 364 g/mol. The van der Waals surface area contributed by atoms with Crippen LogP contribution in [0.3, 0.4) is 0 Å². The summed E-state index contributed by atoms with van der Waals surface area (Å²) in [6.45, 7) is 6.25. The first-order valence-corrected chi connectivity index (χ1v) is 9.21. The first-order chi connectivity index (χ1) is 12.9. The summed E-state index contributed by atoms with van der Waals surface area (Å²) < 4.78 is 7.22. The Morgan fingerprint density at radius 1 is 1.37 bits per heavy atom. The summed E-state index contributed by atoms with van der Waals surface area (Å²) in [5.41, 5.74) is 2.79. The van der Waals surface area contributed by atoms with Gasteiger partial charge in [-0.2, -0.15) is 0 Å². The molecule has 6 heteroatoms. The molecule has 0 spiro atoms. The largest absolute Gasteiger partial charge is 0.490 e. The molecule has 0 saturated carbocycles. The summed E-state index contributed by atoms with van der Waals surface area (Å²) in [5.74, 6) is 0.279. The molecule has 0 amide bonds. The number of fused-ring (bicyclic) bond motifs is 5. The summed E-state index contributed by atoms with van der Waals surface area (Å²) in [5, 5.41) is 12.7. The molecule has 0 unspecified atom stereocenters. The van der Waals surface area contributed by atoms with E-state index in [9.17, 15) is 9.90 Å². The van der Waals surface area contributed by atoms with Gasteiger partial charge in [-0.15, -0.1) is 0 Å². The minimum atomic E-state index is -1.37. The van der Waals surface area contributed by atoms with Crippen molar-refractivity contribution in [3.05, 3.63) is 74.7 Å². The van der Waals surface area contributed by atoms with Gasteiger partial charge in [-0.3, -0.25) is 4.79 Å². The summed E-state index contributed by atoms with van der Waals surface area (Å²) >= 11 is 6.10. The van der Waals surface area contributed by atoms with Crippen LogP contribution in [-0.4, -0.2) is 14.7 Å². The highest BCUT2D eigenvalue weighted by molar-refractivity contribution is 6.31. The Kier molecular flexibility index (Phi) is 3.33. The minimum absolute atomic E-state index is 0.122. The number of nitrogens with zero attached hydrogens (tertiary/aromatic N) is 2. The lowest BCUT2D eigenvalue weighted by molar-refractivity contribution is -0.0172. The average Bonchev–Trinajstić information content (AvgIpc) is 3.01. The van der Waals surface area contributed by atoms with Crippen molar-refractivity contribution in [3.8, 4) is 11.4 Å². The van der Waals surface area contributed by atoms with Gasteiger partial charge in [0.05, 0.1) is 29.0 Å². The SMILES string of the molecule is C=C1OCc2c(cc3n(c2=O)Cc2cc4cc(Cl)ccc4nc2-3)[C@@]1(O)CC. The van der Waals surface area contributed by atoms with E-state index in [1.807, 2.05) is 31.2 Å².